The number of nitrogens with zero attached hydrogens (tertiary/aromatic N) is 1. The van der Waals surface area contributed by atoms with Crippen LogP contribution in [0.4, 0.5) is 4.79 Å². The molecular weight excluding hydrogens is 475 g/mol. The Balaban J connectivity index is 1.66. The minimum Gasteiger partial charge on any atom is -0.387 e. The Bertz CT molecular complexity index is 917. The van der Waals surface area contributed by atoms with Gasteiger partial charge in [0.15, 0.2) is 6.23 Å². The summed E-state index contributed by atoms with van der Waals surface area (Å²) in [6.45, 7) is -1.00. The Morgan fingerprint density at radius 1 is 1.13 bits per heavy atom. The fourth-order valence-corrected chi connectivity index (χ4v) is 6.42. The van der Waals surface area contributed by atoms with E-state index in [4.69, 9.17) is 19.4 Å². The molecule has 0 aliphatic carbocycles. The quantitative estimate of drug-likeness (QED) is 0.182. The molecule has 3 aliphatic heterocycles. The van der Waals surface area contributed by atoms with E-state index in [-0.39, 0.29) is 0 Å². The van der Waals surface area contributed by atoms with E-state index in [1.165, 1.54) is 6.20 Å². The summed E-state index contributed by atoms with van der Waals surface area (Å²) in [5, 5.41) is 25.7. The van der Waals surface area contributed by atoms with E-state index >= 15 is 0 Å². The Hall–Kier alpha value is -1.12. The van der Waals surface area contributed by atoms with Crippen molar-refractivity contribution >= 4 is 28.4 Å². The lowest BCUT2D eigenvalue weighted by Crippen LogP contribution is -2.56. The van der Waals surface area contributed by atoms with E-state index in [2.05, 4.69) is 19.5 Å². The maximum Gasteiger partial charge on any atom is 0.479 e. The Morgan fingerprint density at radius 2 is 1.80 bits per heavy atom. The van der Waals surface area contributed by atoms with E-state index in [1.54, 1.807) is 12.3 Å². The van der Waals surface area contributed by atoms with Gasteiger partial charge < -0.3 is 45.2 Å². The van der Waals surface area contributed by atoms with Gasteiger partial charge in [0.1, 0.15) is 24.5 Å². The van der Waals surface area contributed by atoms with Crippen molar-refractivity contribution in [1.82, 2.24) is 15.5 Å². The van der Waals surface area contributed by atoms with Gasteiger partial charge in [-0.05, 0) is 12.3 Å². The number of ether oxygens (including phenoxy) is 1. The lowest BCUT2D eigenvalue weighted by atomic mass is 10.1. The molecule has 2 amide bonds. The Morgan fingerprint density at radius 3 is 2.43 bits per heavy atom. The van der Waals surface area contributed by atoms with E-state index in [0.717, 1.165) is 4.90 Å². The van der Waals surface area contributed by atoms with Crippen molar-refractivity contribution in [3.8, 4) is 0 Å². The topological polar surface area (TPSA) is 245 Å². The summed E-state index contributed by atoms with van der Waals surface area (Å²) in [6.07, 6.45) is -2.23. The number of rotatable bonds is 7. The standard InChI is InChI=1S/C11H18N3O13P3/c15-7-6(4-25-29(21,22)27-30(23,24)28(18,19)20)26-10(8(7)16)14-3-5-1-2-12-9(5)13-11(14)17/h1-3,6-10,12,15-16H,4H2,(H,13,17)(H,21,22)(H,23,24)(H2,18,19,20). The van der Waals surface area contributed by atoms with Gasteiger partial charge in [0.25, 0.3) is 0 Å². The Labute approximate surface area is 167 Å². The molecule has 170 valence electrons. The highest BCUT2D eigenvalue weighted by atomic mass is 32.1. The number of hydrogen-bond donors (Lipinski definition) is 8. The number of aliphatic hydroxyl groups excluding tert-OH is 2. The van der Waals surface area contributed by atoms with Crippen molar-refractivity contribution in [2.24, 2.45) is 0 Å². The minimum absolute atomic E-state index is 0.475. The van der Waals surface area contributed by atoms with Crippen molar-refractivity contribution in [3.05, 3.63) is 24.0 Å². The average Bonchev–Trinajstić information content (AvgIpc) is 3.16. The first-order valence-electron chi connectivity index (χ1n) is 8.04. The van der Waals surface area contributed by atoms with Crippen LogP contribution in [0.2, 0.25) is 0 Å². The van der Waals surface area contributed by atoms with E-state index in [0.29, 0.717) is 5.57 Å². The highest BCUT2D eigenvalue weighted by Gasteiger charge is 2.51. The number of phosphoric acid groups is 1. The molecule has 3 aliphatic rings. The van der Waals surface area contributed by atoms with E-state index in [1.807, 2.05) is 0 Å². The van der Waals surface area contributed by atoms with Crippen LogP contribution in [0.25, 0.3) is 0 Å². The first kappa shape index (κ1) is 23.5. The second kappa shape index (κ2) is 8.10. The third kappa shape index (κ3) is 4.70. The van der Waals surface area contributed by atoms with Crippen molar-refractivity contribution in [3.63, 3.8) is 0 Å². The molecule has 3 heterocycles. The fourth-order valence-electron chi connectivity index (χ4n) is 2.75. The van der Waals surface area contributed by atoms with Crippen LogP contribution in [0, 0.1) is 0 Å². The van der Waals surface area contributed by atoms with Gasteiger partial charge in [0.2, 0.25) is 0 Å². The summed E-state index contributed by atoms with van der Waals surface area (Å²) in [5.74, 6) is 0. The lowest BCUT2D eigenvalue weighted by Gasteiger charge is -2.33. The minimum atomic E-state index is -5.84. The molecule has 8 N–H and O–H groups in total. The third-order valence-electron chi connectivity index (χ3n) is 4.21. The average molecular weight is 493 g/mol. The monoisotopic (exact) mass is 493 g/mol. The van der Waals surface area contributed by atoms with Gasteiger partial charge >= 0.3 is 28.4 Å². The summed E-state index contributed by atoms with van der Waals surface area (Å²) in [7, 11) is -17.1. The first-order chi connectivity index (χ1) is 13.7. The maximum atomic E-state index is 12.2. The highest BCUT2D eigenvalue weighted by molar-refractivity contribution is 8.27. The van der Waals surface area contributed by atoms with E-state index < -0.39 is 65.7 Å². The number of urea groups is 1. The van der Waals surface area contributed by atoms with Crippen LogP contribution in [0.3, 0.4) is 0 Å². The van der Waals surface area contributed by atoms with Crippen LogP contribution in [-0.4, -0.2) is 78.0 Å². The van der Waals surface area contributed by atoms with Crippen LogP contribution in [-0.2, 0) is 27.3 Å². The van der Waals surface area contributed by atoms with Crippen molar-refractivity contribution in [2.75, 3.05) is 6.61 Å². The molecule has 0 aromatic rings. The maximum absolute atomic E-state index is 12.2. The van der Waals surface area contributed by atoms with Gasteiger partial charge in [-0.2, -0.15) is 4.31 Å². The number of nitrogens with one attached hydrogen (secondary N) is 2. The van der Waals surface area contributed by atoms with Gasteiger partial charge in [-0.15, -0.1) is 0 Å². The number of carbonyl (C=O) groups excluding carboxylic acids is 1. The molecular formula is C11H18N3O13P3. The molecule has 1 fully saturated rings. The van der Waals surface area contributed by atoms with Crippen LogP contribution in [0.1, 0.15) is 0 Å². The molecule has 16 nitrogen and oxygen atoms in total. The van der Waals surface area contributed by atoms with Crippen molar-refractivity contribution < 1.29 is 61.8 Å². The zero-order chi connectivity index (χ0) is 22.5. The molecule has 19 heteroatoms. The van der Waals surface area contributed by atoms with Crippen LogP contribution in [0.5, 0.6) is 0 Å². The molecule has 0 aromatic carbocycles. The number of aliphatic hydroxyl groups is 2. The van der Waals surface area contributed by atoms with Crippen LogP contribution >= 0.6 is 22.4 Å². The molecule has 1 saturated heterocycles. The van der Waals surface area contributed by atoms with Gasteiger partial charge in [-0.3, -0.25) is 9.42 Å². The predicted octanol–water partition coefficient (Wildman–Crippen LogP) is -1.80. The fraction of sp³-hybridized carbons (Fsp3) is 0.545. The van der Waals surface area contributed by atoms with Crippen LogP contribution < -0.4 is 10.6 Å². The number of hydrogen-bond acceptors (Lipinski definition) is 10. The molecule has 7 unspecified atom stereocenters. The van der Waals surface area contributed by atoms with Crippen LogP contribution in [0.15, 0.2) is 24.0 Å². The highest BCUT2D eigenvalue weighted by Crippen LogP contribution is 2.80. The molecule has 30 heavy (non-hydrogen) atoms. The zero-order valence-corrected chi connectivity index (χ0v) is 17.3. The Kier molecular flexibility index (Phi) is 6.35. The summed E-state index contributed by atoms with van der Waals surface area (Å²) < 4.78 is 47.2. The molecule has 0 bridgehead atoms. The molecule has 0 saturated carbocycles. The second-order valence-electron chi connectivity index (χ2n) is 6.31. The smallest absolute Gasteiger partial charge is 0.387 e. The van der Waals surface area contributed by atoms with Crippen molar-refractivity contribution in [1.29, 1.82) is 0 Å². The van der Waals surface area contributed by atoms with Gasteiger partial charge in [-0.1, -0.05) is 0 Å². The largest absolute Gasteiger partial charge is 0.479 e. The number of amides is 2. The predicted molar refractivity (Wildman–Crippen MR) is 93.9 cm³/mol. The molecule has 0 spiro atoms. The molecule has 0 aromatic heterocycles. The molecule has 3 rings (SSSR count). The second-order valence-corrected chi connectivity index (χ2v) is 13.3. The van der Waals surface area contributed by atoms with Gasteiger partial charge in [-0.25, -0.2) is 18.5 Å². The van der Waals surface area contributed by atoms with E-state index in [9.17, 15) is 33.6 Å². The van der Waals surface area contributed by atoms with Gasteiger partial charge in [0, 0.05) is 11.8 Å². The third-order valence-corrected chi connectivity index (χ3v) is 9.66. The normalized spacial score (nSPS) is 35.1. The molecule has 7 atom stereocenters. The summed E-state index contributed by atoms with van der Waals surface area (Å²) in [6, 6.07) is -0.684. The summed E-state index contributed by atoms with van der Waals surface area (Å²) in [5.41, 5.74) is 0.615. The lowest BCUT2D eigenvalue weighted by molar-refractivity contribution is -0.0656. The summed E-state index contributed by atoms with van der Waals surface area (Å²) >= 11 is 0. The zero-order valence-electron chi connectivity index (χ0n) is 14.7. The number of phosphoric ester groups is 1. The molecule has 0 radical (unpaired) electrons. The SMILES string of the molecule is O=C1NC2NC=CC2=CN1C1OC(COP(=O)(O)OP(=O)(O)P(=O)(O)O)C(O)C1O. The number of carbonyl (C=O) groups is 1. The van der Waals surface area contributed by atoms with Crippen molar-refractivity contribution in [2.45, 2.75) is 30.7 Å². The summed E-state index contributed by atoms with van der Waals surface area (Å²) in [4.78, 5) is 49.0. The first-order valence-corrected chi connectivity index (χ1v) is 13.4. The van der Waals surface area contributed by atoms with Gasteiger partial charge in [0.05, 0.1) is 6.61 Å². The number of fused-ring (bicyclic) bond motifs is 1.